The van der Waals surface area contributed by atoms with Crippen molar-refractivity contribution in [2.24, 2.45) is 0 Å². The second-order valence-electron chi connectivity index (χ2n) is 3.02. The first-order valence-corrected chi connectivity index (χ1v) is 4.49. The maximum Gasteiger partial charge on any atom is 0.394 e. The lowest BCUT2D eigenvalue weighted by Gasteiger charge is -2.08. The number of nitrogens with zero attached hydrogens (tertiary/aromatic N) is 1. The molecule has 1 heterocycles. The van der Waals surface area contributed by atoms with Crippen molar-refractivity contribution >= 4 is 5.97 Å². The van der Waals surface area contributed by atoms with Crippen LogP contribution in [0.4, 0.5) is 0 Å². The Kier molecular flexibility index (Phi) is 3.50. The van der Waals surface area contributed by atoms with Gasteiger partial charge in [0.25, 0.3) is 0 Å². The topological polar surface area (TPSA) is 72.6 Å². The minimum absolute atomic E-state index is 0.0136. The summed E-state index contributed by atoms with van der Waals surface area (Å²) in [5.41, 5.74) is -0.135. The van der Waals surface area contributed by atoms with E-state index >= 15 is 0 Å². The summed E-state index contributed by atoms with van der Waals surface area (Å²) in [5, 5.41) is 8.56. The second-order valence-corrected chi connectivity index (χ2v) is 3.02. The van der Waals surface area contributed by atoms with Crippen LogP contribution in [0.15, 0.2) is 10.7 Å². The highest BCUT2D eigenvalue weighted by atomic mass is 16.6. The number of hydrogen-bond donors (Lipinski definition) is 1. The summed E-state index contributed by atoms with van der Waals surface area (Å²) < 4.78 is 10.1. The first-order chi connectivity index (χ1) is 6.63. The summed E-state index contributed by atoms with van der Waals surface area (Å²) in [5.74, 6) is -1.12. The van der Waals surface area contributed by atoms with Crippen molar-refractivity contribution in [2.45, 2.75) is 32.8 Å². The number of carboxylic acids is 1. The zero-order valence-corrected chi connectivity index (χ0v) is 8.19. The molecule has 0 aliphatic heterocycles. The van der Waals surface area contributed by atoms with E-state index in [0.717, 1.165) is 19.1 Å². The zero-order chi connectivity index (χ0) is 10.6. The average Bonchev–Trinajstić information content (AvgIpc) is 2.53. The van der Waals surface area contributed by atoms with E-state index in [0.29, 0.717) is 0 Å². The fourth-order valence-corrected chi connectivity index (χ4v) is 1.05. The van der Waals surface area contributed by atoms with E-state index in [4.69, 9.17) is 14.3 Å². The monoisotopic (exact) mass is 199 g/mol. The maximum atomic E-state index is 10.4. The minimum Gasteiger partial charge on any atom is -0.476 e. The number of carboxylic acid groups (broad SMARTS) is 1. The van der Waals surface area contributed by atoms with Gasteiger partial charge >= 0.3 is 12.0 Å². The molecule has 0 fully saturated rings. The molecule has 5 nitrogen and oxygen atoms in total. The largest absolute Gasteiger partial charge is 0.476 e. The van der Waals surface area contributed by atoms with Crippen molar-refractivity contribution in [3.63, 3.8) is 0 Å². The molecule has 0 aliphatic carbocycles. The van der Waals surface area contributed by atoms with Crippen molar-refractivity contribution < 1.29 is 19.1 Å². The predicted molar refractivity (Wildman–Crippen MR) is 48.5 cm³/mol. The summed E-state index contributed by atoms with van der Waals surface area (Å²) in [6.45, 7) is 3.92. The fraction of sp³-hybridized carbons (Fsp3) is 0.556. The summed E-state index contributed by atoms with van der Waals surface area (Å²) >= 11 is 0. The normalized spacial score (nSPS) is 12.4. The molecule has 0 radical (unpaired) electrons. The lowest BCUT2D eigenvalue weighted by molar-refractivity contribution is 0.0689. The molecule has 0 bridgehead atoms. The lowest BCUT2D eigenvalue weighted by atomic mass is 10.2. The maximum absolute atomic E-state index is 10.4. The van der Waals surface area contributed by atoms with E-state index in [1.165, 1.54) is 0 Å². The highest BCUT2D eigenvalue weighted by molar-refractivity contribution is 5.84. The molecule has 0 aliphatic rings. The summed E-state index contributed by atoms with van der Waals surface area (Å²) in [4.78, 5) is 14.1. The Bertz CT molecular complexity index is 308. The molecule has 1 unspecified atom stereocenters. The molecule has 0 spiro atoms. The predicted octanol–water partition coefficient (Wildman–Crippen LogP) is 1.94. The smallest absolute Gasteiger partial charge is 0.394 e. The quantitative estimate of drug-likeness (QED) is 0.784. The third-order valence-electron chi connectivity index (χ3n) is 1.70. The Hall–Kier alpha value is -1.52. The van der Waals surface area contributed by atoms with Gasteiger partial charge in [0.15, 0.2) is 5.69 Å². The van der Waals surface area contributed by atoms with Crippen LogP contribution in [0.2, 0.25) is 0 Å². The molecular formula is C9H13NO4. The molecule has 1 rings (SSSR count). The van der Waals surface area contributed by atoms with Gasteiger partial charge in [0.1, 0.15) is 12.4 Å². The first kappa shape index (κ1) is 10.6. The molecule has 5 heteroatoms. The lowest BCUT2D eigenvalue weighted by Crippen LogP contribution is -2.11. The van der Waals surface area contributed by atoms with Gasteiger partial charge in [-0.25, -0.2) is 4.79 Å². The van der Waals surface area contributed by atoms with Crippen LogP contribution in [-0.4, -0.2) is 22.2 Å². The first-order valence-electron chi connectivity index (χ1n) is 4.49. The van der Waals surface area contributed by atoms with Crippen LogP contribution in [0, 0.1) is 0 Å². The van der Waals surface area contributed by atoms with Gasteiger partial charge < -0.3 is 14.3 Å². The van der Waals surface area contributed by atoms with Crippen molar-refractivity contribution in [2.75, 3.05) is 0 Å². The van der Waals surface area contributed by atoms with Gasteiger partial charge in [0.05, 0.1) is 0 Å². The number of carbonyl (C=O) groups is 1. The van der Waals surface area contributed by atoms with Crippen molar-refractivity contribution in [1.29, 1.82) is 0 Å². The van der Waals surface area contributed by atoms with Crippen LogP contribution < -0.4 is 4.74 Å². The molecule has 1 atom stereocenters. The van der Waals surface area contributed by atoms with E-state index in [1.54, 1.807) is 0 Å². The Balaban J connectivity index is 2.55. The van der Waals surface area contributed by atoms with Gasteiger partial charge in [-0.1, -0.05) is 13.3 Å². The average molecular weight is 199 g/mol. The number of rotatable bonds is 5. The van der Waals surface area contributed by atoms with E-state index in [-0.39, 0.29) is 17.9 Å². The number of aromatic carboxylic acids is 1. The number of oxazole rings is 1. The Morgan fingerprint density at radius 2 is 2.50 bits per heavy atom. The van der Waals surface area contributed by atoms with Crippen LogP contribution in [0.1, 0.15) is 37.2 Å². The Morgan fingerprint density at radius 3 is 3.00 bits per heavy atom. The van der Waals surface area contributed by atoms with Crippen LogP contribution in [0.3, 0.4) is 0 Å². The van der Waals surface area contributed by atoms with Crippen molar-refractivity contribution in [3.8, 4) is 6.08 Å². The van der Waals surface area contributed by atoms with Gasteiger partial charge in [-0.2, -0.15) is 4.98 Å². The molecule has 78 valence electrons. The van der Waals surface area contributed by atoms with E-state index in [2.05, 4.69) is 4.98 Å². The van der Waals surface area contributed by atoms with E-state index in [1.807, 2.05) is 13.8 Å². The van der Waals surface area contributed by atoms with Crippen molar-refractivity contribution in [3.05, 3.63) is 12.0 Å². The Morgan fingerprint density at radius 1 is 1.79 bits per heavy atom. The zero-order valence-electron chi connectivity index (χ0n) is 8.19. The fourth-order valence-electron chi connectivity index (χ4n) is 1.05. The molecule has 1 aromatic rings. The van der Waals surface area contributed by atoms with Gasteiger partial charge in [-0.3, -0.25) is 0 Å². The van der Waals surface area contributed by atoms with Gasteiger partial charge in [0.2, 0.25) is 0 Å². The molecule has 0 amide bonds. The standard InChI is InChI=1S/C9H13NO4/c1-3-4-6(2)14-9-10-7(5-13-9)8(11)12/h5-6H,3-4H2,1-2H3,(H,11,12). The number of hydrogen-bond acceptors (Lipinski definition) is 4. The molecule has 0 aromatic carbocycles. The van der Waals surface area contributed by atoms with Crippen LogP contribution in [0.5, 0.6) is 6.08 Å². The Labute approximate surface area is 81.7 Å². The number of aromatic nitrogens is 1. The van der Waals surface area contributed by atoms with Crippen LogP contribution in [0.25, 0.3) is 0 Å². The molecule has 1 aromatic heterocycles. The molecule has 0 saturated carbocycles. The second kappa shape index (κ2) is 4.64. The van der Waals surface area contributed by atoms with Gasteiger partial charge in [0, 0.05) is 0 Å². The summed E-state index contributed by atoms with van der Waals surface area (Å²) in [6.07, 6.45) is 2.94. The van der Waals surface area contributed by atoms with Crippen LogP contribution >= 0.6 is 0 Å². The third-order valence-corrected chi connectivity index (χ3v) is 1.70. The highest BCUT2D eigenvalue weighted by Crippen LogP contribution is 2.13. The molecule has 1 N–H and O–H groups in total. The molecule has 14 heavy (non-hydrogen) atoms. The number of ether oxygens (including phenoxy) is 1. The molecule has 0 saturated heterocycles. The van der Waals surface area contributed by atoms with E-state index < -0.39 is 5.97 Å². The molecular weight excluding hydrogens is 186 g/mol. The third kappa shape index (κ3) is 2.76. The van der Waals surface area contributed by atoms with Crippen LogP contribution in [-0.2, 0) is 0 Å². The highest BCUT2D eigenvalue weighted by Gasteiger charge is 2.13. The summed E-state index contributed by atoms with van der Waals surface area (Å²) in [7, 11) is 0. The van der Waals surface area contributed by atoms with Gasteiger partial charge in [-0.05, 0) is 13.3 Å². The SMILES string of the molecule is CCCC(C)Oc1nc(C(=O)O)co1. The van der Waals surface area contributed by atoms with Gasteiger partial charge in [-0.15, -0.1) is 0 Å². The van der Waals surface area contributed by atoms with E-state index in [9.17, 15) is 4.79 Å². The minimum atomic E-state index is -1.12. The summed E-state index contributed by atoms with van der Waals surface area (Å²) in [6, 6.07) is 0. The van der Waals surface area contributed by atoms with Crippen molar-refractivity contribution in [1.82, 2.24) is 4.98 Å².